The van der Waals surface area contributed by atoms with Gasteiger partial charge in [-0.05, 0) is 44.5 Å². The lowest BCUT2D eigenvalue weighted by Crippen LogP contribution is -3.15. The Hall–Kier alpha value is -3.12. The van der Waals surface area contributed by atoms with Crippen LogP contribution >= 0.6 is 0 Å². The molecule has 1 fully saturated rings. The fourth-order valence-electron chi connectivity index (χ4n) is 4.21. The Balaban J connectivity index is 1.36. The number of amides is 1. The van der Waals surface area contributed by atoms with Crippen LogP contribution in [0.15, 0.2) is 54.6 Å². The lowest BCUT2D eigenvalue weighted by Gasteiger charge is -2.34. The molecule has 2 N–H and O–H groups in total. The molecular weight excluding hydrogens is 374 g/mol. The molecule has 2 heterocycles. The van der Waals surface area contributed by atoms with Gasteiger partial charge in [-0.1, -0.05) is 36.4 Å². The Kier molecular flexibility index (Phi) is 5.86. The van der Waals surface area contributed by atoms with Gasteiger partial charge in [0.1, 0.15) is 0 Å². The molecule has 1 amide bonds. The van der Waals surface area contributed by atoms with E-state index in [-0.39, 0.29) is 5.91 Å². The largest absolute Gasteiger partial charge is 0.360 e. The van der Waals surface area contributed by atoms with Crippen molar-refractivity contribution in [2.24, 2.45) is 0 Å². The SMILES string of the molecule is Cc1ccccc1N1CC[NH+](CC(=O)Nc2c(C)nn(-c3ccccc3)c2C)CC1. The molecule has 6 heteroatoms. The van der Waals surface area contributed by atoms with Crippen molar-refractivity contribution >= 4 is 17.3 Å². The number of nitrogens with zero attached hydrogens (tertiary/aromatic N) is 3. The average molecular weight is 405 g/mol. The number of carbonyl (C=O) groups is 1. The van der Waals surface area contributed by atoms with Crippen molar-refractivity contribution in [1.82, 2.24) is 9.78 Å². The third kappa shape index (κ3) is 4.24. The van der Waals surface area contributed by atoms with Gasteiger partial charge < -0.3 is 15.1 Å². The van der Waals surface area contributed by atoms with Crippen molar-refractivity contribution in [2.75, 3.05) is 42.9 Å². The first kappa shape index (κ1) is 20.2. The topological polar surface area (TPSA) is 54.6 Å². The molecule has 0 unspecified atom stereocenters. The summed E-state index contributed by atoms with van der Waals surface area (Å²) >= 11 is 0. The van der Waals surface area contributed by atoms with Crippen molar-refractivity contribution < 1.29 is 9.69 Å². The van der Waals surface area contributed by atoms with Crippen LogP contribution in [0.5, 0.6) is 0 Å². The number of hydrogen-bond acceptors (Lipinski definition) is 3. The molecule has 3 aromatic rings. The van der Waals surface area contributed by atoms with Crippen molar-refractivity contribution in [3.8, 4) is 5.69 Å². The summed E-state index contributed by atoms with van der Waals surface area (Å²) in [4.78, 5) is 16.5. The van der Waals surface area contributed by atoms with Crippen molar-refractivity contribution in [3.63, 3.8) is 0 Å². The van der Waals surface area contributed by atoms with Crippen molar-refractivity contribution in [1.29, 1.82) is 0 Å². The molecule has 0 spiro atoms. The molecule has 1 saturated heterocycles. The maximum Gasteiger partial charge on any atom is 0.279 e. The van der Waals surface area contributed by atoms with E-state index in [1.54, 1.807) is 0 Å². The molecule has 1 aromatic heterocycles. The Labute approximate surface area is 178 Å². The molecule has 0 saturated carbocycles. The predicted molar refractivity (Wildman–Crippen MR) is 121 cm³/mol. The number of carbonyl (C=O) groups excluding carboxylic acids is 1. The molecule has 0 atom stereocenters. The average Bonchev–Trinajstić information content (AvgIpc) is 3.04. The summed E-state index contributed by atoms with van der Waals surface area (Å²) in [5.41, 5.74) is 6.22. The number of aromatic nitrogens is 2. The van der Waals surface area contributed by atoms with Crippen LogP contribution in [0.3, 0.4) is 0 Å². The van der Waals surface area contributed by atoms with E-state index in [0.29, 0.717) is 6.54 Å². The van der Waals surface area contributed by atoms with E-state index in [0.717, 1.165) is 48.9 Å². The summed E-state index contributed by atoms with van der Waals surface area (Å²) < 4.78 is 1.89. The summed E-state index contributed by atoms with van der Waals surface area (Å²) in [5.74, 6) is 0.0492. The van der Waals surface area contributed by atoms with E-state index < -0.39 is 0 Å². The second kappa shape index (κ2) is 8.71. The van der Waals surface area contributed by atoms with Gasteiger partial charge in [-0.15, -0.1) is 0 Å². The van der Waals surface area contributed by atoms with Gasteiger partial charge in [0.05, 0.1) is 48.9 Å². The minimum atomic E-state index is 0.0492. The van der Waals surface area contributed by atoms with Crippen LogP contribution in [0.2, 0.25) is 0 Å². The lowest BCUT2D eigenvalue weighted by atomic mass is 10.1. The van der Waals surface area contributed by atoms with Gasteiger partial charge in [0.15, 0.2) is 6.54 Å². The maximum absolute atomic E-state index is 12.8. The molecule has 4 rings (SSSR count). The zero-order valence-corrected chi connectivity index (χ0v) is 18.0. The second-order valence-corrected chi connectivity index (χ2v) is 8.04. The Bertz CT molecular complexity index is 1020. The third-order valence-electron chi connectivity index (χ3n) is 5.89. The van der Waals surface area contributed by atoms with Crippen LogP contribution in [0.4, 0.5) is 11.4 Å². The molecule has 0 aliphatic carbocycles. The molecular formula is C24H30N5O+. The van der Waals surface area contributed by atoms with Gasteiger partial charge >= 0.3 is 0 Å². The van der Waals surface area contributed by atoms with Crippen LogP contribution in [0.25, 0.3) is 5.69 Å². The minimum Gasteiger partial charge on any atom is -0.360 e. The first-order chi connectivity index (χ1) is 14.5. The highest BCUT2D eigenvalue weighted by molar-refractivity contribution is 5.92. The summed E-state index contributed by atoms with van der Waals surface area (Å²) in [6.45, 7) is 10.4. The van der Waals surface area contributed by atoms with Crippen molar-refractivity contribution in [3.05, 3.63) is 71.5 Å². The standard InChI is InChI=1S/C24H29N5O/c1-18-9-7-8-12-22(18)28-15-13-27(14-16-28)17-23(30)25-24-19(2)26-29(20(24)3)21-10-5-4-6-11-21/h4-12H,13-17H2,1-3H3,(H,25,30)/p+1. The lowest BCUT2D eigenvalue weighted by molar-refractivity contribution is -0.892. The number of piperazine rings is 1. The number of aryl methyl sites for hydroxylation is 2. The van der Waals surface area contributed by atoms with E-state index in [9.17, 15) is 4.79 Å². The molecule has 0 radical (unpaired) electrons. The summed E-state index contributed by atoms with van der Waals surface area (Å²) in [7, 11) is 0. The highest BCUT2D eigenvalue weighted by atomic mass is 16.2. The quantitative estimate of drug-likeness (QED) is 0.685. The highest BCUT2D eigenvalue weighted by Crippen LogP contribution is 2.22. The number of hydrogen-bond donors (Lipinski definition) is 2. The fourth-order valence-corrected chi connectivity index (χ4v) is 4.21. The van der Waals surface area contributed by atoms with E-state index >= 15 is 0 Å². The Morgan fingerprint density at radius 1 is 1.00 bits per heavy atom. The summed E-state index contributed by atoms with van der Waals surface area (Å²) in [5, 5.41) is 7.73. The number of rotatable bonds is 5. The zero-order chi connectivity index (χ0) is 21.1. The van der Waals surface area contributed by atoms with Gasteiger partial charge in [-0.2, -0.15) is 5.10 Å². The third-order valence-corrected chi connectivity index (χ3v) is 5.89. The second-order valence-electron chi connectivity index (χ2n) is 8.04. The zero-order valence-electron chi connectivity index (χ0n) is 18.0. The molecule has 1 aliphatic heterocycles. The number of anilines is 2. The van der Waals surface area contributed by atoms with Crippen LogP contribution < -0.4 is 15.1 Å². The molecule has 156 valence electrons. The fraction of sp³-hybridized carbons (Fsp3) is 0.333. The number of nitrogens with one attached hydrogen (secondary N) is 2. The van der Waals surface area contributed by atoms with Crippen LogP contribution in [-0.4, -0.2) is 48.4 Å². The van der Waals surface area contributed by atoms with E-state index in [2.05, 4.69) is 46.5 Å². The first-order valence-corrected chi connectivity index (χ1v) is 10.6. The van der Waals surface area contributed by atoms with E-state index in [1.807, 2.05) is 48.9 Å². The Morgan fingerprint density at radius 3 is 2.37 bits per heavy atom. The number of benzene rings is 2. The summed E-state index contributed by atoms with van der Waals surface area (Å²) in [6.07, 6.45) is 0. The van der Waals surface area contributed by atoms with Gasteiger partial charge in [-0.25, -0.2) is 4.68 Å². The van der Waals surface area contributed by atoms with Crippen molar-refractivity contribution in [2.45, 2.75) is 20.8 Å². The molecule has 0 bridgehead atoms. The van der Waals surface area contributed by atoms with Gasteiger partial charge in [0.2, 0.25) is 0 Å². The van der Waals surface area contributed by atoms with E-state index in [4.69, 9.17) is 0 Å². The number of quaternary nitrogens is 1. The Morgan fingerprint density at radius 2 is 1.67 bits per heavy atom. The number of para-hydroxylation sites is 2. The molecule has 2 aromatic carbocycles. The summed E-state index contributed by atoms with van der Waals surface area (Å²) in [6, 6.07) is 18.5. The van der Waals surface area contributed by atoms with Gasteiger partial charge in [-0.3, -0.25) is 4.79 Å². The van der Waals surface area contributed by atoms with Gasteiger partial charge in [0.25, 0.3) is 5.91 Å². The molecule has 6 nitrogen and oxygen atoms in total. The van der Waals surface area contributed by atoms with Gasteiger partial charge in [0, 0.05) is 5.69 Å². The van der Waals surface area contributed by atoms with E-state index in [1.165, 1.54) is 16.2 Å². The normalized spacial score (nSPS) is 14.7. The minimum absolute atomic E-state index is 0.0492. The monoisotopic (exact) mass is 404 g/mol. The van der Waals surface area contributed by atoms with Crippen LogP contribution in [0.1, 0.15) is 17.0 Å². The van der Waals surface area contributed by atoms with Crippen LogP contribution in [0, 0.1) is 20.8 Å². The molecule has 30 heavy (non-hydrogen) atoms. The highest BCUT2D eigenvalue weighted by Gasteiger charge is 2.24. The maximum atomic E-state index is 12.8. The first-order valence-electron chi connectivity index (χ1n) is 10.6. The smallest absolute Gasteiger partial charge is 0.279 e. The van der Waals surface area contributed by atoms with Crippen LogP contribution in [-0.2, 0) is 4.79 Å². The molecule has 1 aliphatic rings. The predicted octanol–water partition coefficient (Wildman–Crippen LogP) is 2.14.